The van der Waals surface area contributed by atoms with Gasteiger partial charge in [-0.1, -0.05) is 23.9 Å². The van der Waals surface area contributed by atoms with E-state index in [4.69, 9.17) is 0 Å². The van der Waals surface area contributed by atoms with E-state index < -0.39 is 0 Å². The van der Waals surface area contributed by atoms with Gasteiger partial charge in [0.2, 0.25) is 0 Å². The van der Waals surface area contributed by atoms with Gasteiger partial charge in [-0.25, -0.2) is 0 Å². The predicted molar refractivity (Wildman–Crippen MR) is 63.1 cm³/mol. The van der Waals surface area contributed by atoms with E-state index in [9.17, 15) is 9.59 Å². The Balaban J connectivity index is 2.24. The van der Waals surface area contributed by atoms with Crippen LogP contribution in [0.15, 0.2) is 40.1 Å². The fourth-order valence-electron chi connectivity index (χ4n) is 1.35. The second-order valence-electron chi connectivity index (χ2n) is 3.18. The van der Waals surface area contributed by atoms with Crippen LogP contribution in [-0.2, 0) is 9.59 Å². The molecule has 5 heteroatoms. The van der Waals surface area contributed by atoms with Crippen molar-refractivity contribution in [2.75, 3.05) is 12.4 Å². The molecule has 2 rings (SSSR count). The van der Waals surface area contributed by atoms with Crippen molar-refractivity contribution in [3.05, 3.63) is 35.2 Å². The molecule has 0 aliphatic carbocycles. The minimum absolute atomic E-state index is 0.332. The number of rotatable bonds is 3. The maximum absolute atomic E-state index is 11.3. The maximum Gasteiger partial charge on any atom is 0.265 e. The number of nitrogens with one attached hydrogen (secondary N) is 2. The van der Waals surface area contributed by atoms with Gasteiger partial charge in [-0.05, 0) is 12.1 Å². The largest absolute Gasteiger partial charge is 0.387 e. The van der Waals surface area contributed by atoms with Crippen molar-refractivity contribution < 1.29 is 9.59 Å². The van der Waals surface area contributed by atoms with Gasteiger partial charge in [-0.2, -0.15) is 0 Å². The predicted octanol–water partition coefficient (Wildman–Crippen LogP) is 1.36. The van der Waals surface area contributed by atoms with E-state index in [2.05, 4.69) is 10.6 Å². The number of thioether (sulfide) groups is 1. The number of hydrogen-bond donors (Lipinski definition) is 2. The number of amides is 2. The van der Waals surface area contributed by atoms with Crippen LogP contribution >= 0.6 is 11.8 Å². The van der Waals surface area contributed by atoms with E-state index in [1.165, 1.54) is 17.8 Å². The summed E-state index contributed by atoms with van der Waals surface area (Å²) in [7, 11) is 1.81. The van der Waals surface area contributed by atoms with Crippen molar-refractivity contribution in [3.8, 4) is 0 Å². The second kappa shape index (κ2) is 4.40. The Labute approximate surface area is 97.1 Å². The Morgan fingerprint density at radius 1 is 1.25 bits per heavy atom. The summed E-state index contributed by atoms with van der Waals surface area (Å²) in [5, 5.41) is 5.24. The number of anilines is 1. The van der Waals surface area contributed by atoms with E-state index >= 15 is 0 Å². The van der Waals surface area contributed by atoms with E-state index in [-0.39, 0.29) is 11.8 Å². The molecule has 82 valence electrons. The van der Waals surface area contributed by atoms with Gasteiger partial charge in [-0.15, -0.1) is 0 Å². The van der Waals surface area contributed by atoms with Crippen molar-refractivity contribution in [1.82, 2.24) is 5.32 Å². The van der Waals surface area contributed by atoms with E-state index in [0.717, 1.165) is 10.6 Å². The molecule has 1 aromatic rings. The highest BCUT2D eigenvalue weighted by Gasteiger charge is 2.22. The first-order chi connectivity index (χ1) is 7.70. The molecule has 0 fully saturated rings. The van der Waals surface area contributed by atoms with Gasteiger partial charge in [0.15, 0.2) is 0 Å². The van der Waals surface area contributed by atoms with Gasteiger partial charge in [-0.3, -0.25) is 14.9 Å². The molecule has 1 aliphatic heterocycles. The van der Waals surface area contributed by atoms with Gasteiger partial charge in [0.1, 0.15) is 0 Å². The summed E-state index contributed by atoms with van der Waals surface area (Å²) in [5.41, 5.74) is 0.931. The number of hydrogen-bond acceptors (Lipinski definition) is 4. The van der Waals surface area contributed by atoms with Crippen LogP contribution in [0.4, 0.5) is 5.69 Å². The van der Waals surface area contributed by atoms with E-state index in [1.54, 1.807) is 0 Å². The third kappa shape index (κ3) is 2.09. The Kier molecular flexibility index (Phi) is 2.96. The molecule has 1 aliphatic rings. The first-order valence-electron chi connectivity index (χ1n) is 4.72. The quantitative estimate of drug-likeness (QED) is 0.775. The molecule has 0 saturated carbocycles. The van der Waals surface area contributed by atoms with Gasteiger partial charge >= 0.3 is 0 Å². The molecule has 0 aromatic heterocycles. The summed E-state index contributed by atoms with van der Waals surface area (Å²) < 4.78 is 0. The van der Waals surface area contributed by atoms with Crippen LogP contribution in [0.1, 0.15) is 0 Å². The van der Waals surface area contributed by atoms with Crippen molar-refractivity contribution >= 4 is 29.3 Å². The molecular formula is C11H10N2O2S. The zero-order chi connectivity index (χ0) is 11.5. The first kappa shape index (κ1) is 10.8. The van der Waals surface area contributed by atoms with Crippen LogP contribution in [0.25, 0.3) is 0 Å². The fourth-order valence-corrected chi connectivity index (χ4v) is 2.32. The SMILES string of the molecule is CNc1ccccc1SC1=CC(=O)NC1=O. The molecule has 4 nitrogen and oxygen atoms in total. The number of carbonyl (C=O) groups is 2. The summed E-state index contributed by atoms with van der Waals surface area (Å²) in [6.07, 6.45) is 1.32. The second-order valence-corrected chi connectivity index (χ2v) is 4.26. The van der Waals surface area contributed by atoms with Gasteiger partial charge in [0.25, 0.3) is 11.8 Å². The third-order valence-corrected chi connectivity index (χ3v) is 3.20. The van der Waals surface area contributed by atoms with Gasteiger partial charge < -0.3 is 5.32 Å². The molecule has 0 atom stereocenters. The minimum Gasteiger partial charge on any atom is -0.387 e. The first-order valence-corrected chi connectivity index (χ1v) is 5.54. The summed E-state index contributed by atoms with van der Waals surface area (Å²) in [4.78, 5) is 23.7. The average Bonchev–Trinajstić information content (AvgIpc) is 2.58. The van der Waals surface area contributed by atoms with Crippen LogP contribution in [0, 0.1) is 0 Å². The lowest BCUT2D eigenvalue weighted by Gasteiger charge is -2.07. The van der Waals surface area contributed by atoms with Crippen LogP contribution in [0.2, 0.25) is 0 Å². The number of para-hydroxylation sites is 1. The zero-order valence-corrected chi connectivity index (χ0v) is 9.43. The van der Waals surface area contributed by atoms with Crippen molar-refractivity contribution in [1.29, 1.82) is 0 Å². The van der Waals surface area contributed by atoms with Crippen molar-refractivity contribution in [2.45, 2.75) is 4.90 Å². The topological polar surface area (TPSA) is 58.2 Å². The third-order valence-electron chi connectivity index (χ3n) is 2.10. The number of benzene rings is 1. The summed E-state index contributed by atoms with van der Waals surface area (Å²) >= 11 is 1.28. The highest BCUT2D eigenvalue weighted by atomic mass is 32.2. The fraction of sp³-hybridized carbons (Fsp3) is 0.0909. The molecular weight excluding hydrogens is 224 g/mol. The lowest BCUT2D eigenvalue weighted by Crippen LogP contribution is -2.21. The molecule has 0 bridgehead atoms. The summed E-state index contributed by atoms with van der Waals surface area (Å²) in [5.74, 6) is -0.685. The highest BCUT2D eigenvalue weighted by Crippen LogP contribution is 2.33. The van der Waals surface area contributed by atoms with Crippen molar-refractivity contribution in [3.63, 3.8) is 0 Å². The number of imide groups is 1. The van der Waals surface area contributed by atoms with Crippen molar-refractivity contribution in [2.24, 2.45) is 0 Å². The van der Waals surface area contributed by atoms with Gasteiger partial charge in [0.05, 0.1) is 4.91 Å². The standard InChI is InChI=1S/C11H10N2O2S/c1-12-7-4-2-3-5-8(7)16-9-6-10(14)13-11(9)15/h2-6,12H,1H3,(H,13,14,15). The summed E-state index contributed by atoms with van der Waals surface area (Å²) in [6.45, 7) is 0. The molecule has 0 unspecified atom stereocenters. The Bertz CT molecular complexity index is 483. The lowest BCUT2D eigenvalue weighted by atomic mass is 10.3. The van der Waals surface area contributed by atoms with Crippen LogP contribution in [0.3, 0.4) is 0 Å². The minimum atomic E-state index is -0.352. The van der Waals surface area contributed by atoms with Crippen LogP contribution in [0.5, 0.6) is 0 Å². The molecule has 2 N–H and O–H groups in total. The summed E-state index contributed by atoms with van der Waals surface area (Å²) in [6, 6.07) is 7.60. The maximum atomic E-state index is 11.3. The van der Waals surface area contributed by atoms with Crippen LogP contribution in [-0.4, -0.2) is 18.9 Å². The lowest BCUT2D eigenvalue weighted by molar-refractivity contribution is -0.123. The Morgan fingerprint density at radius 3 is 2.62 bits per heavy atom. The molecule has 16 heavy (non-hydrogen) atoms. The number of carbonyl (C=O) groups excluding carboxylic acids is 2. The normalized spacial score (nSPS) is 14.7. The van der Waals surface area contributed by atoms with Crippen LogP contribution < -0.4 is 10.6 Å². The molecule has 0 saturated heterocycles. The monoisotopic (exact) mass is 234 g/mol. The Hall–Kier alpha value is -1.75. The molecule has 1 aromatic carbocycles. The molecule has 0 spiro atoms. The zero-order valence-electron chi connectivity index (χ0n) is 8.61. The highest BCUT2D eigenvalue weighted by molar-refractivity contribution is 8.04. The molecule has 0 radical (unpaired) electrons. The Morgan fingerprint density at radius 2 is 2.00 bits per heavy atom. The molecule has 2 amide bonds. The average molecular weight is 234 g/mol. The van der Waals surface area contributed by atoms with E-state index in [0.29, 0.717) is 4.91 Å². The smallest absolute Gasteiger partial charge is 0.265 e. The van der Waals surface area contributed by atoms with E-state index in [1.807, 2.05) is 31.3 Å². The molecule has 1 heterocycles. The van der Waals surface area contributed by atoms with Gasteiger partial charge in [0, 0.05) is 23.7 Å².